The third kappa shape index (κ3) is 1.43. The van der Waals surface area contributed by atoms with Crippen molar-refractivity contribution >= 4 is 0 Å². The number of terminal acetylenes is 1. The summed E-state index contributed by atoms with van der Waals surface area (Å²) in [5, 5.41) is 28.1. The summed E-state index contributed by atoms with van der Waals surface area (Å²) in [6, 6.07) is 0. The van der Waals surface area contributed by atoms with Crippen molar-refractivity contribution in [1.82, 2.24) is 0 Å². The molecule has 0 bridgehead atoms. The second-order valence-electron chi connectivity index (χ2n) is 2.62. The van der Waals surface area contributed by atoms with Gasteiger partial charge in [-0.05, 0) is 0 Å². The average Bonchev–Trinajstić information content (AvgIpc) is 2.28. The predicted octanol–water partition coefficient (Wildman–Crippen LogP) is -2.25. The Labute approximate surface area is 69.5 Å². The zero-order valence-corrected chi connectivity index (χ0v) is 6.27. The van der Waals surface area contributed by atoms with Crippen LogP contribution in [0.3, 0.4) is 0 Å². The molecule has 1 aliphatic heterocycles. The molecule has 0 aliphatic carbocycles. The fourth-order valence-electron chi connectivity index (χ4n) is 1.14. The van der Waals surface area contributed by atoms with Gasteiger partial charge in [-0.2, -0.15) is 0 Å². The molecular formula is C7H9O5-. The molecule has 2 N–H and O–H groups in total. The Bertz CT molecular complexity index is 198. The van der Waals surface area contributed by atoms with Crippen LogP contribution in [0.15, 0.2) is 0 Å². The van der Waals surface area contributed by atoms with Gasteiger partial charge in [-0.15, -0.1) is 6.42 Å². The lowest BCUT2D eigenvalue weighted by Crippen LogP contribution is -2.44. The molecule has 1 rings (SSSR count). The highest BCUT2D eigenvalue weighted by atomic mass is 17.1. The third-order valence-corrected chi connectivity index (χ3v) is 1.83. The first-order valence-corrected chi connectivity index (χ1v) is 3.41. The Morgan fingerprint density at radius 2 is 2.42 bits per heavy atom. The zero-order chi connectivity index (χ0) is 9.19. The van der Waals surface area contributed by atoms with E-state index in [9.17, 15) is 10.4 Å². The van der Waals surface area contributed by atoms with Crippen molar-refractivity contribution < 1.29 is 25.1 Å². The molecular weight excluding hydrogens is 164 g/mol. The number of hydrogen-bond acceptors (Lipinski definition) is 5. The highest BCUT2D eigenvalue weighted by Crippen LogP contribution is 2.29. The van der Waals surface area contributed by atoms with Crippen molar-refractivity contribution in [2.45, 2.75) is 24.4 Å². The van der Waals surface area contributed by atoms with E-state index in [1.807, 2.05) is 0 Å². The quantitative estimate of drug-likeness (QED) is 0.280. The van der Waals surface area contributed by atoms with Gasteiger partial charge in [0, 0.05) is 6.42 Å². The molecule has 5 nitrogen and oxygen atoms in total. The molecule has 3 atom stereocenters. The summed E-state index contributed by atoms with van der Waals surface area (Å²) in [5.74, 6) is 2.10. The van der Waals surface area contributed by atoms with E-state index in [1.54, 1.807) is 0 Å². The van der Waals surface area contributed by atoms with Crippen LogP contribution in [0.5, 0.6) is 0 Å². The van der Waals surface area contributed by atoms with Crippen LogP contribution in [0.2, 0.25) is 0 Å². The maximum atomic E-state index is 9.83. The fourth-order valence-corrected chi connectivity index (χ4v) is 1.14. The molecule has 1 aliphatic rings. The summed E-state index contributed by atoms with van der Waals surface area (Å²) in [6.45, 7) is -0.471. The van der Waals surface area contributed by atoms with Crippen molar-refractivity contribution in [3.05, 3.63) is 0 Å². The number of aliphatic hydroxyl groups is 2. The van der Waals surface area contributed by atoms with Gasteiger partial charge in [0.25, 0.3) is 0 Å². The van der Waals surface area contributed by atoms with Crippen LogP contribution in [-0.4, -0.2) is 34.8 Å². The maximum absolute atomic E-state index is 9.83. The van der Waals surface area contributed by atoms with Gasteiger partial charge >= 0.3 is 0 Å². The Morgan fingerprint density at radius 3 is 2.75 bits per heavy atom. The number of hydrogen-bond donors (Lipinski definition) is 2. The molecule has 0 spiro atoms. The van der Waals surface area contributed by atoms with Gasteiger partial charge in [0.2, 0.25) is 0 Å². The average molecular weight is 173 g/mol. The molecule has 5 heteroatoms. The van der Waals surface area contributed by atoms with Gasteiger partial charge in [0.15, 0.2) is 11.9 Å². The first-order chi connectivity index (χ1) is 5.64. The van der Waals surface area contributed by atoms with E-state index in [1.165, 1.54) is 0 Å². The van der Waals surface area contributed by atoms with Crippen LogP contribution in [0.25, 0.3) is 0 Å². The highest BCUT2D eigenvalue weighted by Gasteiger charge is 2.46. The molecule has 1 heterocycles. The minimum Gasteiger partial charge on any atom is -0.723 e. The number of aliphatic hydroxyl groups excluding tert-OH is 2. The van der Waals surface area contributed by atoms with Gasteiger partial charge in [-0.25, -0.2) is 0 Å². The Kier molecular flexibility index (Phi) is 2.67. The van der Waals surface area contributed by atoms with E-state index < -0.39 is 24.6 Å². The van der Waals surface area contributed by atoms with Gasteiger partial charge in [0.05, 0.1) is 6.61 Å². The summed E-state index contributed by atoms with van der Waals surface area (Å²) in [4.78, 5) is 3.55. The number of ether oxygens (including phenoxy) is 1. The molecule has 0 radical (unpaired) electrons. The standard InChI is InChI=1S/C7H10O5/c1-2-7(4-11-10)5(8)3-6(9)12-7/h1,5-6,8-10H,3-4H2/p-1/t5-,6?,7+/m0/s1. The van der Waals surface area contributed by atoms with Crippen LogP contribution in [0.4, 0.5) is 0 Å². The molecule has 0 amide bonds. The molecule has 1 unspecified atom stereocenters. The fraction of sp³-hybridized carbons (Fsp3) is 0.714. The second-order valence-corrected chi connectivity index (χ2v) is 2.62. The van der Waals surface area contributed by atoms with Gasteiger partial charge in [-0.1, -0.05) is 5.92 Å². The van der Waals surface area contributed by atoms with Crippen molar-refractivity contribution in [3.8, 4) is 12.3 Å². The lowest BCUT2D eigenvalue weighted by molar-refractivity contribution is -0.693. The van der Waals surface area contributed by atoms with Crippen molar-refractivity contribution in [2.75, 3.05) is 6.61 Å². The minimum atomic E-state index is -1.48. The first kappa shape index (κ1) is 9.45. The smallest absolute Gasteiger partial charge is 0.179 e. The van der Waals surface area contributed by atoms with Crippen molar-refractivity contribution in [3.63, 3.8) is 0 Å². The Morgan fingerprint density at radius 1 is 1.75 bits per heavy atom. The normalized spacial score (nSPS) is 41.2. The zero-order valence-electron chi connectivity index (χ0n) is 6.27. The largest absolute Gasteiger partial charge is 0.723 e. The topological polar surface area (TPSA) is 82.0 Å². The van der Waals surface area contributed by atoms with Gasteiger partial charge in [0.1, 0.15) is 6.10 Å². The van der Waals surface area contributed by atoms with Crippen molar-refractivity contribution in [2.24, 2.45) is 0 Å². The first-order valence-electron chi connectivity index (χ1n) is 3.41. The Balaban J connectivity index is 2.73. The maximum Gasteiger partial charge on any atom is 0.179 e. The van der Waals surface area contributed by atoms with Crippen LogP contribution < -0.4 is 5.26 Å². The molecule has 1 fully saturated rings. The molecule has 68 valence electrons. The summed E-state index contributed by atoms with van der Waals surface area (Å²) in [7, 11) is 0. The summed E-state index contributed by atoms with van der Waals surface area (Å²) in [6.07, 6.45) is 2.84. The molecule has 0 saturated carbocycles. The monoisotopic (exact) mass is 173 g/mol. The lowest BCUT2D eigenvalue weighted by Gasteiger charge is -2.26. The summed E-state index contributed by atoms with van der Waals surface area (Å²) < 4.78 is 4.80. The molecule has 0 aromatic carbocycles. The summed E-state index contributed by atoms with van der Waals surface area (Å²) in [5.41, 5.74) is -1.48. The Hall–Kier alpha value is -0.640. The van der Waals surface area contributed by atoms with E-state index >= 15 is 0 Å². The van der Waals surface area contributed by atoms with E-state index in [4.69, 9.17) is 16.3 Å². The van der Waals surface area contributed by atoms with E-state index in [2.05, 4.69) is 10.8 Å². The van der Waals surface area contributed by atoms with E-state index in [0.717, 1.165) is 0 Å². The minimum absolute atomic E-state index is 0.00639. The lowest BCUT2D eigenvalue weighted by atomic mass is 9.99. The summed E-state index contributed by atoms with van der Waals surface area (Å²) >= 11 is 0. The SMILES string of the molecule is C#C[C@]1(CO[O-])OC(O)C[C@@H]1O. The van der Waals surface area contributed by atoms with E-state index in [-0.39, 0.29) is 6.42 Å². The van der Waals surface area contributed by atoms with E-state index in [0.29, 0.717) is 0 Å². The highest BCUT2D eigenvalue weighted by molar-refractivity contribution is 5.15. The van der Waals surface area contributed by atoms with Crippen LogP contribution in [0.1, 0.15) is 6.42 Å². The third-order valence-electron chi connectivity index (χ3n) is 1.83. The van der Waals surface area contributed by atoms with Crippen molar-refractivity contribution in [1.29, 1.82) is 0 Å². The molecule has 0 aromatic rings. The van der Waals surface area contributed by atoms with Crippen LogP contribution in [-0.2, 0) is 9.62 Å². The molecule has 12 heavy (non-hydrogen) atoms. The predicted molar refractivity (Wildman–Crippen MR) is 35.2 cm³/mol. The molecule has 1 saturated heterocycles. The van der Waals surface area contributed by atoms with Crippen LogP contribution in [0, 0.1) is 12.3 Å². The second kappa shape index (κ2) is 3.39. The molecule has 0 aromatic heterocycles. The number of rotatable bonds is 2. The van der Waals surface area contributed by atoms with Gasteiger partial charge in [-0.3, -0.25) is 0 Å². The van der Waals surface area contributed by atoms with Gasteiger partial charge < -0.3 is 25.1 Å². The van der Waals surface area contributed by atoms with Crippen LogP contribution >= 0.6 is 0 Å².